The van der Waals surface area contributed by atoms with Gasteiger partial charge in [-0.1, -0.05) is 60.7 Å². The van der Waals surface area contributed by atoms with Crippen molar-refractivity contribution in [1.82, 2.24) is 4.98 Å². The van der Waals surface area contributed by atoms with Gasteiger partial charge in [-0.15, -0.1) is 0 Å². The van der Waals surface area contributed by atoms with E-state index in [0.29, 0.717) is 11.8 Å². The van der Waals surface area contributed by atoms with Gasteiger partial charge >= 0.3 is 0 Å². The highest BCUT2D eigenvalue weighted by Crippen LogP contribution is 2.44. The van der Waals surface area contributed by atoms with E-state index in [2.05, 4.69) is 71.7 Å². The van der Waals surface area contributed by atoms with E-state index in [4.69, 9.17) is 0 Å². The smallest absolute Gasteiger partial charge is 0.0409 e. The summed E-state index contributed by atoms with van der Waals surface area (Å²) in [6, 6.07) is 26.1. The van der Waals surface area contributed by atoms with Gasteiger partial charge in [-0.05, 0) is 59.9 Å². The van der Waals surface area contributed by atoms with Gasteiger partial charge in [-0.2, -0.15) is 0 Å². The number of aromatic nitrogens is 1. The normalized spacial score (nSPS) is 19.5. The number of benzene rings is 2. The van der Waals surface area contributed by atoms with Crippen LogP contribution in [0.2, 0.25) is 0 Å². The van der Waals surface area contributed by atoms with Gasteiger partial charge in [0.25, 0.3) is 0 Å². The molecule has 1 aromatic heterocycles. The van der Waals surface area contributed by atoms with Crippen LogP contribution in [0.4, 0.5) is 0 Å². The molecule has 2 aromatic carbocycles. The Morgan fingerprint density at radius 1 is 0.696 bits per heavy atom. The zero-order chi connectivity index (χ0) is 15.5. The first-order valence-corrected chi connectivity index (χ1v) is 8.43. The Kier molecular flexibility index (Phi) is 3.94. The van der Waals surface area contributed by atoms with Crippen molar-refractivity contribution in [3.63, 3.8) is 0 Å². The molecule has 4 rings (SSSR count). The molecular weight excluding hydrogens is 278 g/mol. The maximum absolute atomic E-state index is 4.52. The minimum Gasteiger partial charge on any atom is -0.261 e. The number of hydrogen-bond acceptors (Lipinski definition) is 1. The molecule has 0 spiro atoms. The largest absolute Gasteiger partial charge is 0.261 e. The molecule has 0 saturated heterocycles. The lowest BCUT2D eigenvalue weighted by molar-refractivity contribution is 0.578. The highest BCUT2D eigenvalue weighted by molar-refractivity contribution is 5.40. The second-order valence-corrected chi connectivity index (χ2v) is 6.47. The number of fused-ring (bicyclic) bond motifs is 1. The molecule has 0 N–H and O–H groups in total. The van der Waals surface area contributed by atoms with Crippen molar-refractivity contribution in [3.05, 3.63) is 101 Å². The van der Waals surface area contributed by atoms with Crippen LogP contribution < -0.4 is 0 Å². The van der Waals surface area contributed by atoms with E-state index in [0.717, 1.165) is 12.8 Å². The number of pyridine rings is 1. The van der Waals surface area contributed by atoms with Crippen molar-refractivity contribution in [1.29, 1.82) is 0 Å². The molecule has 1 aliphatic carbocycles. The maximum Gasteiger partial charge on any atom is 0.0409 e. The van der Waals surface area contributed by atoms with Crippen LogP contribution in [0.25, 0.3) is 0 Å². The summed E-state index contributed by atoms with van der Waals surface area (Å²) in [5.41, 5.74) is 5.70. The molecule has 1 nitrogen and oxygen atoms in total. The van der Waals surface area contributed by atoms with E-state index in [1.807, 2.05) is 12.3 Å². The van der Waals surface area contributed by atoms with Gasteiger partial charge in [-0.3, -0.25) is 4.98 Å². The van der Waals surface area contributed by atoms with Gasteiger partial charge < -0.3 is 0 Å². The summed E-state index contributed by atoms with van der Waals surface area (Å²) in [6.45, 7) is 0. The monoisotopic (exact) mass is 299 g/mol. The van der Waals surface area contributed by atoms with Gasteiger partial charge in [0.2, 0.25) is 0 Å². The summed E-state index contributed by atoms with van der Waals surface area (Å²) in [5.74, 6) is 1.22. The molecular formula is C22H21N. The molecule has 0 saturated carbocycles. The van der Waals surface area contributed by atoms with E-state index in [1.165, 1.54) is 28.8 Å². The van der Waals surface area contributed by atoms with Crippen LogP contribution in [0, 0.1) is 0 Å². The molecule has 1 heterocycles. The quantitative estimate of drug-likeness (QED) is 0.650. The lowest BCUT2D eigenvalue weighted by atomic mass is 9.92. The second kappa shape index (κ2) is 6.37. The highest BCUT2D eigenvalue weighted by atomic mass is 14.7. The molecule has 1 aliphatic rings. The topological polar surface area (TPSA) is 12.9 Å². The number of nitrogens with zero attached hydrogens (tertiary/aromatic N) is 1. The van der Waals surface area contributed by atoms with Crippen molar-refractivity contribution in [3.8, 4) is 0 Å². The van der Waals surface area contributed by atoms with Gasteiger partial charge in [0.05, 0.1) is 0 Å². The minimum atomic E-state index is 0.592. The van der Waals surface area contributed by atoms with Crippen molar-refractivity contribution in [2.75, 3.05) is 0 Å². The summed E-state index contributed by atoms with van der Waals surface area (Å²) in [5, 5.41) is 0. The van der Waals surface area contributed by atoms with Crippen LogP contribution in [0.15, 0.2) is 79.0 Å². The SMILES string of the molecule is c1ccc(CC2CC(Cc3ccccn3)c3ccccc32)cc1. The Balaban J connectivity index is 1.59. The Hall–Kier alpha value is -2.41. The Morgan fingerprint density at radius 2 is 1.35 bits per heavy atom. The van der Waals surface area contributed by atoms with Crippen molar-refractivity contribution < 1.29 is 0 Å². The van der Waals surface area contributed by atoms with Crippen LogP contribution in [0.5, 0.6) is 0 Å². The lowest BCUT2D eigenvalue weighted by Crippen LogP contribution is -2.02. The van der Waals surface area contributed by atoms with E-state index in [9.17, 15) is 0 Å². The number of rotatable bonds is 4. The van der Waals surface area contributed by atoms with E-state index >= 15 is 0 Å². The summed E-state index contributed by atoms with van der Waals surface area (Å²) < 4.78 is 0. The summed E-state index contributed by atoms with van der Waals surface area (Å²) in [7, 11) is 0. The van der Waals surface area contributed by atoms with Crippen molar-refractivity contribution in [2.24, 2.45) is 0 Å². The first kappa shape index (κ1) is 14.2. The molecule has 2 atom stereocenters. The third-order valence-electron chi connectivity index (χ3n) is 4.95. The van der Waals surface area contributed by atoms with Gasteiger partial charge in [-0.25, -0.2) is 0 Å². The molecule has 3 aromatic rings. The third-order valence-corrected chi connectivity index (χ3v) is 4.95. The van der Waals surface area contributed by atoms with Crippen LogP contribution in [0.1, 0.15) is 40.6 Å². The zero-order valence-corrected chi connectivity index (χ0v) is 13.2. The van der Waals surface area contributed by atoms with E-state index < -0.39 is 0 Å². The molecule has 0 bridgehead atoms. The molecule has 2 unspecified atom stereocenters. The third kappa shape index (κ3) is 3.05. The van der Waals surface area contributed by atoms with Crippen LogP contribution >= 0.6 is 0 Å². The van der Waals surface area contributed by atoms with E-state index in [1.54, 1.807) is 0 Å². The lowest BCUT2D eigenvalue weighted by Gasteiger charge is -2.12. The van der Waals surface area contributed by atoms with Crippen LogP contribution in [-0.2, 0) is 12.8 Å². The standard InChI is InChI=1S/C22H21N/c1-2-8-17(9-3-1)14-18-15-19(16-20-10-6-7-13-23-20)22-12-5-4-11-21(18)22/h1-13,18-19H,14-16H2. The Bertz CT molecular complexity index is 698. The average molecular weight is 299 g/mol. The number of hydrogen-bond donors (Lipinski definition) is 0. The molecule has 0 amide bonds. The Morgan fingerprint density at radius 3 is 2.04 bits per heavy atom. The van der Waals surface area contributed by atoms with Crippen LogP contribution in [0.3, 0.4) is 0 Å². The molecule has 0 radical (unpaired) electrons. The first-order valence-electron chi connectivity index (χ1n) is 8.43. The Labute approximate surface area is 138 Å². The first-order chi connectivity index (χ1) is 11.4. The van der Waals surface area contributed by atoms with Crippen LogP contribution in [-0.4, -0.2) is 4.98 Å². The molecule has 0 fully saturated rings. The fourth-order valence-corrected chi connectivity index (χ4v) is 3.91. The van der Waals surface area contributed by atoms with E-state index in [-0.39, 0.29) is 0 Å². The van der Waals surface area contributed by atoms with Gasteiger partial charge in [0.1, 0.15) is 0 Å². The molecule has 23 heavy (non-hydrogen) atoms. The van der Waals surface area contributed by atoms with Gasteiger partial charge in [0.15, 0.2) is 0 Å². The minimum absolute atomic E-state index is 0.592. The summed E-state index contributed by atoms with van der Waals surface area (Å²) >= 11 is 0. The highest BCUT2D eigenvalue weighted by Gasteiger charge is 2.30. The predicted octanol–water partition coefficient (Wildman–Crippen LogP) is 5.14. The fraction of sp³-hybridized carbons (Fsp3) is 0.227. The fourth-order valence-electron chi connectivity index (χ4n) is 3.91. The maximum atomic E-state index is 4.52. The summed E-state index contributed by atoms with van der Waals surface area (Å²) in [4.78, 5) is 4.52. The average Bonchev–Trinajstić information content (AvgIpc) is 2.95. The molecule has 0 aliphatic heterocycles. The van der Waals surface area contributed by atoms with Crippen molar-refractivity contribution in [2.45, 2.75) is 31.1 Å². The van der Waals surface area contributed by atoms with Crippen molar-refractivity contribution >= 4 is 0 Å². The summed E-state index contributed by atoms with van der Waals surface area (Å²) in [6.07, 6.45) is 5.31. The second-order valence-electron chi connectivity index (χ2n) is 6.47. The van der Waals surface area contributed by atoms with Gasteiger partial charge in [0, 0.05) is 11.9 Å². The molecule has 114 valence electrons. The predicted molar refractivity (Wildman–Crippen MR) is 94.6 cm³/mol. The zero-order valence-electron chi connectivity index (χ0n) is 13.2. The molecule has 1 heteroatoms.